The van der Waals surface area contributed by atoms with E-state index in [0.29, 0.717) is 5.69 Å². The average molecular weight is 329 g/mol. The fraction of sp³-hybridized carbons (Fsp3) is 0.250. The Morgan fingerprint density at radius 3 is 2.67 bits per heavy atom. The zero-order valence-corrected chi connectivity index (χ0v) is 12.8. The van der Waals surface area contributed by atoms with Crippen LogP contribution in [-0.2, 0) is 32.1 Å². The molecule has 24 heavy (non-hydrogen) atoms. The van der Waals surface area contributed by atoms with Crippen LogP contribution in [0.5, 0.6) is 0 Å². The first-order chi connectivity index (χ1) is 11.6. The highest BCUT2D eigenvalue weighted by Gasteiger charge is 2.21. The zero-order chi connectivity index (χ0) is 17.4. The van der Waals surface area contributed by atoms with Crippen LogP contribution in [0.15, 0.2) is 42.9 Å². The lowest BCUT2D eigenvalue weighted by atomic mass is 10.1. The van der Waals surface area contributed by atoms with Gasteiger partial charge < -0.3 is 15.5 Å². The Balaban J connectivity index is 1.71. The summed E-state index contributed by atoms with van der Waals surface area (Å²) in [7, 11) is 0. The van der Waals surface area contributed by atoms with Crippen molar-refractivity contribution in [1.82, 2.24) is 15.3 Å². The third kappa shape index (κ3) is 5.33. The topological polar surface area (TPSA) is 129 Å². The van der Waals surface area contributed by atoms with E-state index in [1.807, 2.05) is 6.07 Å². The minimum absolute atomic E-state index is 0.0158. The van der Waals surface area contributed by atoms with Gasteiger partial charge in [0, 0.05) is 12.6 Å². The second kappa shape index (κ2) is 8.59. The van der Waals surface area contributed by atoms with Crippen LogP contribution in [0.3, 0.4) is 0 Å². The number of H-pyrrole nitrogens is 1. The molecule has 1 amide bonds. The summed E-state index contributed by atoms with van der Waals surface area (Å²) in [4.78, 5) is 41.6. The molecule has 0 unspecified atom stereocenters. The number of ketones is 1. The summed E-state index contributed by atoms with van der Waals surface area (Å²) >= 11 is 0. The standard InChI is InChI=1S/C16H17N4O4/c17-13(6-12-7-18-10-20-12)15(22)19-8-14(21)16(23)24-9-11-4-2-1-3-5-11/h1-5,7,10,13H,6,8-9,17H2,(H,18,20)/t13-/m0/s1. The summed E-state index contributed by atoms with van der Waals surface area (Å²) in [5.74, 6) is -2.59. The molecule has 2 rings (SSSR count). The van der Waals surface area contributed by atoms with Gasteiger partial charge in [-0.25, -0.2) is 15.1 Å². The number of aromatic amines is 1. The molecule has 1 aromatic carbocycles. The molecule has 0 spiro atoms. The molecule has 0 saturated carbocycles. The van der Waals surface area contributed by atoms with E-state index in [-0.39, 0.29) is 13.0 Å². The third-order valence-electron chi connectivity index (χ3n) is 3.12. The highest BCUT2D eigenvalue weighted by Crippen LogP contribution is 2.01. The maximum atomic E-state index is 11.7. The van der Waals surface area contributed by atoms with E-state index >= 15 is 0 Å². The summed E-state index contributed by atoms with van der Waals surface area (Å²) in [6.45, 7) is -0.598. The predicted molar refractivity (Wildman–Crippen MR) is 83.5 cm³/mol. The van der Waals surface area contributed by atoms with Crippen LogP contribution in [-0.4, -0.2) is 40.2 Å². The van der Waals surface area contributed by atoms with Gasteiger partial charge in [0.05, 0.1) is 18.1 Å². The molecule has 0 aliphatic rings. The van der Waals surface area contributed by atoms with Crippen molar-refractivity contribution in [2.45, 2.75) is 19.1 Å². The second-order valence-corrected chi connectivity index (χ2v) is 5.01. The van der Waals surface area contributed by atoms with E-state index in [1.54, 1.807) is 30.5 Å². The van der Waals surface area contributed by atoms with E-state index in [0.717, 1.165) is 5.56 Å². The van der Waals surface area contributed by atoms with Crippen LogP contribution in [0.25, 0.3) is 0 Å². The van der Waals surface area contributed by atoms with E-state index in [4.69, 9.17) is 10.5 Å². The van der Waals surface area contributed by atoms with Crippen LogP contribution < -0.4 is 11.1 Å². The predicted octanol–water partition coefficient (Wildman–Crippen LogP) is -0.277. The Labute approximate surface area is 138 Å². The fourth-order valence-electron chi connectivity index (χ4n) is 1.85. The van der Waals surface area contributed by atoms with Crippen molar-refractivity contribution in [3.8, 4) is 0 Å². The molecule has 0 aliphatic heterocycles. The zero-order valence-electron chi connectivity index (χ0n) is 12.8. The summed E-state index contributed by atoms with van der Waals surface area (Å²) in [5, 5.41) is 3.53. The number of imidazole rings is 1. The number of aromatic nitrogens is 2. The minimum atomic E-state index is -1.03. The number of hydrogen-bond donors (Lipinski definition) is 2. The molecule has 8 heteroatoms. The van der Waals surface area contributed by atoms with E-state index < -0.39 is 30.2 Å². The Kier molecular flexibility index (Phi) is 6.21. The summed E-state index contributed by atoms with van der Waals surface area (Å²) in [6.07, 6.45) is 3.27. The van der Waals surface area contributed by atoms with E-state index in [1.165, 1.54) is 6.33 Å². The number of ether oxygens (including phenoxy) is 1. The van der Waals surface area contributed by atoms with Crippen molar-refractivity contribution in [3.63, 3.8) is 0 Å². The Morgan fingerprint density at radius 1 is 1.25 bits per heavy atom. The molecule has 3 N–H and O–H groups in total. The van der Waals surface area contributed by atoms with Gasteiger partial charge in [-0.3, -0.25) is 9.59 Å². The molecular weight excluding hydrogens is 312 g/mol. The van der Waals surface area contributed by atoms with Crippen molar-refractivity contribution in [2.24, 2.45) is 5.73 Å². The number of esters is 1. The Hall–Kier alpha value is -3.00. The van der Waals surface area contributed by atoms with Crippen molar-refractivity contribution >= 4 is 17.7 Å². The van der Waals surface area contributed by atoms with Crippen LogP contribution in [0, 0.1) is 0 Å². The minimum Gasteiger partial charge on any atom is -0.455 e. The van der Waals surface area contributed by atoms with E-state index in [9.17, 15) is 14.4 Å². The van der Waals surface area contributed by atoms with Crippen LogP contribution in [0.2, 0.25) is 0 Å². The van der Waals surface area contributed by atoms with Crippen molar-refractivity contribution < 1.29 is 19.1 Å². The molecule has 1 heterocycles. The normalized spacial score (nSPS) is 11.5. The van der Waals surface area contributed by atoms with Gasteiger partial charge in [-0.15, -0.1) is 0 Å². The number of carbonyl (C=O) groups is 3. The molecule has 0 saturated heterocycles. The van der Waals surface area contributed by atoms with Gasteiger partial charge in [-0.1, -0.05) is 30.3 Å². The summed E-state index contributed by atoms with van der Waals surface area (Å²) in [6, 6.07) is 8.02. The van der Waals surface area contributed by atoms with Crippen molar-refractivity contribution in [2.75, 3.05) is 6.54 Å². The molecule has 1 atom stereocenters. The quantitative estimate of drug-likeness (QED) is 0.506. The number of nitrogens with two attached hydrogens (primary N) is 1. The van der Waals surface area contributed by atoms with Crippen molar-refractivity contribution in [1.29, 1.82) is 0 Å². The summed E-state index contributed by atoms with van der Waals surface area (Å²) < 4.78 is 4.86. The average Bonchev–Trinajstić information content (AvgIpc) is 3.11. The maximum absolute atomic E-state index is 11.7. The maximum Gasteiger partial charge on any atom is 0.376 e. The molecule has 2 aromatic rings. The number of Topliss-reactive ketones (excluding diaryl/α,β-unsaturated/α-hetero) is 1. The van der Waals surface area contributed by atoms with Crippen LogP contribution in [0.4, 0.5) is 0 Å². The molecule has 8 nitrogen and oxygen atoms in total. The first-order valence-electron chi connectivity index (χ1n) is 7.24. The van der Waals surface area contributed by atoms with Crippen LogP contribution >= 0.6 is 0 Å². The second-order valence-electron chi connectivity index (χ2n) is 5.01. The number of amides is 1. The highest BCUT2D eigenvalue weighted by molar-refractivity contribution is 6.34. The number of carbonyl (C=O) groups excluding carboxylic acids is 3. The summed E-state index contributed by atoms with van der Waals surface area (Å²) in [5.41, 5.74) is 7.05. The molecule has 1 radical (unpaired) electrons. The highest BCUT2D eigenvalue weighted by atomic mass is 16.5. The van der Waals surface area contributed by atoms with Gasteiger partial charge in [0.25, 0.3) is 11.7 Å². The number of nitrogens with zero attached hydrogens (tertiary/aromatic N) is 2. The van der Waals surface area contributed by atoms with Gasteiger partial charge in [0.1, 0.15) is 13.2 Å². The van der Waals surface area contributed by atoms with Gasteiger partial charge in [-0.2, -0.15) is 0 Å². The fourth-order valence-corrected chi connectivity index (χ4v) is 1.85. The molecule has 0 fully saturated rings. The Morgan fingerprint density at radius 2 is 2.00 bits per heavy atom. The molecule has 125 valence electrons. The first-order valence-corrected chi connectivity index (χ1v) is 7.24. The molecule has 0 aliphatic carbocycles. The van der Waals surface area contributed by atoms with Gasteiger partial charge in [0.15, 0.2) is 0 Å². The Bertz CT molecular complexity index is 685. The van der Waals surface area contributed by atoms with Gasteiger partial charge in [-0.05, 0) is 5.56 Å². The smallest absolute Gasteiger partial charge is 0.376 e. The lowest BCUT2D eigenvalue weighted by Crippen LogP contribution is -2.41. The molecule has 0 bridgehead atoms. The number of benzene rings is 1. The lowest BCUT2D eigenvalue weighted by Gasteiger charge is -2.08. The number of nitrogens with one attached hydrogen (secondary N) is 1. The lowest BCUT2D eigenvalue weighted by molar-refractivity contribution is -0.154. The monoisotopic (exact) mass is 329 g/mol. The number of rotatable bonds is 8. The van der Waals surface area contributed by atoms with Gasteiger partial charge in [0.2, 0.25) is 0 Å². The van der Waals surface area contributed by atoms with E-state index in [2.05, 4.69) is 15.3 Å². The molecular formula is C16H17N4O4. The number of hydrogen-bond acceptors (Lipinski definition) is 6. The molecule has 1 aromatic heterocycles. The van der Waals surface area contributed by atoms with Gasteiger partial charge >= 0.3 is 5.97 Å². The van der Waals surface area contributed by atoms with Crippen molar-refractivity contribution in [3.05, 3.63) is 54.1 Å². The largest absolute Gasteiger partial charge is 0.455 e. The third-order valence-corrected chi connectivity index (χ3v) is 3.12. The first kappa shape index (κ1) is 17.4. The SMILES string of the molecule is N[C@@H](Cc1c[nH]cn1)C(=O)[N]CC(=O)C(=O)OCc1ccccc1. The van der Waals surface area contributed by atoms with Crippen LogP contribution in [0.1, 0.15) is 11.3 Å².